The molecule has 1 aromatic carbocycles. The lowest BCUT2D eigenvalue weighted by Gasteiger charge is -2.03. The lowest BCUT2D eigenvalue weighted by atomic mass is 10.1. The zero-order chi connectivity index (χ0) is 9.14. The molecule has 0 aromatic heterocycles. The summed E-state index contributed by atoms with van der Waals surface area (Å²) in [6, 6.07) is 5.51. The first-order chi connectivity index (χ1) is 5.65. The maximum atomic E-state index is 10.8. The van der Waals surface area contributed by atoms with Crippen molar-refractivity contribution in [1.29, 1.82) is 0 Å². The van der Waals surface area contributed by atoms with Gasteiger partial charge in [-0.3, -0.25) is 0 Å². The summed E-state index contributed by atoms with van der Waals surface area (Å²) in [4.78, 5) is 0.531. The summed E-state index contributed by atoms with van der Waals surface area (Å²) in [5.41, 5.74) is 2.08. The van der Waals surface area contributed by atoms with Crippen molar-refractivity contribution in [2.24, 2.45) is 0 Å². The summed E-state index contributed by atoms with van der Waals surface area (Å²) in [5, 5.41) is 0. The Hall–Kier alpha value is -0.670. The minimum atomic E-state index is -1.85. The van der Waals surface area contributed by atoms with Gasteiger partial charge >= 0.3 is 0 Å². The fourth-order valence-corrected chi connectivity index (χ4v) is 1.77. The maximum Gasteiger partial charge on any atom is 0.186 e. The average molecular weight is 184 g/mol. The molecule has 0 spiro atoms. The van der Waals surface area contributed by atoms with Crippen LogP contribution in [0.1, 0.15) is 18.1 Å². The molecule has 0 saturated heterocycles. The van der Waals surface area contributed by atoms with E-state index in [0.29, 0.717) is 4.90 Å². The molecule has 1 N–H and O–H groups in total. The molecule has 0 radical (unpaired) electrons. The number of aryl methyl sites for hydroxylation is 2. The topological polar surface area (TPSA) is 37.3 Å². The molecule has 2 nitrogen and oxygen atoms in total. The second-order valence-corrected chi connectivity index (χ2v) is 3.65. The van der Waals surface area contributed by atoms with Gasteiger partial charge in [0.2, 0.25) is 0 Å². The van der Waals surface area contributed by atoms with Gasteiger partial charge in [-0.05, 0) is 25.0 Å². The molecule has 0 amide bonds. The molecule has 0 bridgehead atoms. The van der Waals surface area contributed by atoms with E-state index < -0.39 is 11.1 Å². The van der Waals surface area contributed by atoms with Gasteiger partial charge in [0, 0.05) is 0 Å². The molecule has 3 heteroatoms. The van der Waals surface area contributed by atoms with Crippen LogP contribution in [0.4, 0.5) is 0 Å². The Morgan fingerprint density at radius 2 is 2.17 bits per heavy atom. The smallest absolute Gasteiger partial charge is 0.186 e. The van der Waals surface area contributed by atoms with Gasteiger partial charge in [-0.25, -0.2) is 4.21 Å². The van der Waals surface area contributed by atoms with Gasteiger partial charge < -0.3 is 4.55 Å². The quantitative estimate of drug-likeness (QED) is 0.715. The van der Waals surface area contributed by atoms with Gasteiger partial charge in [0.1, 0.15) is 0 Å². The molecular formula is C9H12O2S. The lowest BCUT2D eigenvalue weighted by molar-refractivity contribution is 0.563. The van der Waals surface area contributed by atoms with Gasteiger partial charge in [0.15, 0.2) is 11.1 Å². The second-order valence-electron chi connectivity index (χ2n) is 2.71. The zero-order valence-electron chi connectivity index (χ0n) is 7.20. The summed E-state index contributed by atoms with van der Waals surface area (Å²) in [5.74, 6) is 0. The third-order valence-corrected chi connectivity index (χ3v) is 2.56. The zero-order valence-corrected chi connectivity index (χ0v) is 8.02. The molecule has 0 aliphatic heterocycles. The van der Waals surface area contributed by atoms with Crippen molar-refractivity contribution in [3.05, 3.63) is 29.3 Å². The largest absolute Gasteiger partial charge is 0.302 e. The summed E-state index contributed by atoms with van der Waals surface area (Å²) >= 11 is -1.85. The van der Waals surface area contributed by atoms with Crippen LogP contribution in [0.3, 0.4) is 0 Å². The van der Waals surface area contributed by atoms with Crippen LogP contribution in [-0.2, 0) is 17.5 Å². The first kappa shape index (κ1) is 9.42. The van der Waals surface area contributed by atoms with Crippen LogP contribution in [0.5, 0.6) is 0 Å². The molecule has 0 fully saturated rings. The third-order valence-electron chi connectivity index (χ3n) is 1.79. The fourth-order valence-electron chi connectivity index (χ4n) is 1.15. The van der Waals surface area contributed by atoms with Crippen LogP contribution in [0.15, 0.2) is 23.1 Å². The minimum absolute atomic E-state index is 0.531. The normalized spacial score (nSPS) is 12.9. The maximum absolute atomic E-state index is 10.8. The van der Waals surface area contributed by atoms with Crippen LogP contribution in [0.25, 0.3) is 0 Å². The van der Waals surface area contributed by atoms with E-state index in [4.69, 9.17) is 4.55 Å². The van der Waals surface area contributed by atoms with Gasteiger partial charge in [-0.2, -0.15) is 0 Å². The Balaban J connectivity index is 3.20. The van der Waals surface area contributed by atoms with Crippen LogP contribution < -0.4 is 0 Å². The Labute approximate surface area is 74.9 Å². The highest BCUT2D eigenvalue weighted by Gasteiger charge is 2.05. The van der Waals surface area contributed by atoms with Crippen molar-refractivity contribution in [1.82, 2.24) is 0 Å². The number of rotatable bonds is 2. The molecule has 1 unspecified atom stereocenters. The number of hydrogen-bond acceptors (Lipinski definition) is 1. The average Bonchev–Trinajstić information content (AvgIpc) is 2.03. The van der Waals surface area contributed by atoms with E-state index in [2.05, 4.69) is 0 Å². The third kappa shape index (κ3) is 1.93. The van der Waals surface area contributed by atoms with Crippen molar-refractivity contribution < 1.29 is 8.76 Å². The van der Waals surface area contributed by atoms with E-state index >= 15 is 0 Å². The van der Waals surface area contributed by atoms with Gasteiger partial charge in [-0.15, -0.1) is 0 Å². The summed E-state index contributed by atoms with van der Waals surface area (Å²) in [6.07, 6.45) is 0.795. The molecule has 12 heavy (non-hydrogen) atoms. The van der Waals surface area contributed by atoms with Crippen LogP contribution in [0.2, 0.25) is 0 Å². The minimum Gasteiger partial charge on any atom is -0.302 e. The molecule has 0 saturated carbocycles. The summed E-state index contributed by atoms with van der Waals surface area (Å²) < 4.78 is 19.7. The van der Waals surface area contributed by atoms with Crippen molar-refractivity contribution in [2.75, 3.05) is 0 Å². The second kappa shape index (κ2) is 3.83. The first-order valence-electron chi connectivity index (χ1n) is 3.85. The van der Waals surface area contributed by atoms with Crippen molar-refractivity contribution in [3.63, 3.8) is 0 Å². The number of benzene rings is 1. The first-order valence-corrected chi connectivity index (χ1v) is 4.96. The Morgan fingerprint density at radius 1 is 1.50 bits per heavy atom. The molecule has 1 aromatic rings. The van der Waals surface area contributed by atoms with Crippen LogP contribution >= 0.6 is 0 Å². The number of hydrogen-bond donors (Lipinski definition) is 1. The van der Waals surface area contributed by atoms with Crippen molar-refractivity contribution in [2.45, 2.75) is 25.2 Å². The van der Waals surface area contributed by atoms with Gasteiger partial charge in [-0.1, -0.05) is 24.6 Å². The lowest BCUT2D eigenvalue weighted by Crippen LogP contribution is -1.95. The van der Waals surface area contributed by atoms with E-state index in [-0.39, 0.29) is 0 Å². The predicted octanol–water partition coefficient (Wildman–Crippen LogP) is 2.14. The van der Waals surface area contributed by atoms with Crippen molar-refractivity contribution in [3.8, 4) is 0 Å². The van der Waals surface area contributed by atoms with Gasteiger partial charge in [0.25, 0.3) is 0 Å². The highest BCUT2D eigenvalue weighted by molar-refractivity contribution is 7.79. The molecular weight excluding hydrogens is 172 g/mol. The highest BCUT2D eigenvalue weighted by Crippen LogP contribution is 2.15. The molecule has 1 rings (SSSR count). The van der Waals surface area contributed by atoms with E-state index in [1.165, 1.54) is 0 Å². The molecule has 0 aliphatic carbocycles. The molecule has 1 atom stereocenters. The summed E-state index contributed by atoms with van der Waals surface area (Å²) in [6.45, 7) is 3.95. The van der Waals surface area contributed by atoms with E-state index in [9.17, 15) is 4.21 Å². The standard InChI is InChI=1S/C9H12O2S/c1-3-8-6-7(2)4-5-9(8)12(10)11/h4-6H,3H2,1-2H3,(H,10,11). The molecule has 0 aliphatic rings. The van der Waals surface area contributed by atoms with Crippen LogP contribution in [-0.4, -0.2) is 8.76 Å². The Bertz CT molecular complexity index is 307. The Kier molecular flexibility index (Phi) is 3.00. The SMILES string of the molecule is CCc1cc(C)ccc1S(=O)O. The Morgan fingerprint density at radius 3 is 2.67 bits per heavy atom. The summed E-state index contributed by atoms with van der Waals surface area (Å²) in [7, 11) is 0. The molecule has 66 valence electrons. The predicted molar refractivity (Wildman–Crippen MR) is 49.6 cm³/mol. The van der Waals surface area contributed by atoms with E-state index in [0.717, 1.165) is 17.5 Å². The highest BCUT2D eigenvalue weighted by atomic mass is 32.2. The van der Waals surface area contributed by atoms with E-state index in [1.807, 2.05) is 26.0 Å². The monoisotopic (exact) mass is 184 g/mol. The van der Waals surface area contributed by atoms with Crippen LogP contribution in [0, 0.1) is 6.92 Å². The molecule has 0 heterocycles. The fraction of sp³-hybridized carbons (Fsp3) is 0.333. The van der Waals surface area contributed by atoms with Gasteiger partial charge in [0.05, 0.1) is 4.90 Å². The van der Waals surface area contributed by atoms with E-state index in [1.54, 1.807) is 6.07 Å². The van der Waals surface area contributed by atoms with Crippen molar-refractivity contribution >= 4 is 11.1 Å².